The van der Waals surface area contributed by atoms with Gasteiger partial charge in [-0.1, -0.05) is 31.9 Å². The lowest BCUT2D eigenvalue weighted by Gasteiger charge is -2.22. The topological polar surface area (TPSA) is 38.0 Å². The summed E-state index contributed by atoms with van der Waals surface area (Å²) >= 11 is 0. The summed E-state index contributed by atoms with van der Waals surface area (Å²) in [5.41, 5.74) is 8.55. The summed E-state index contributed by atoms with van der Waals surface area (Å²) in [6, 6.07) is 9.27. The normalized spacial score (nSPS) is 28.9. The first kappa shape index (κ1) is 13.9. The van der Waals surface area contributed by atoms with Crippen LogP contribution in [0, 0.1) is 5.92 Å². The molecule has 1 aromatic carbocycles. The highest BCUT2D eigenvalue weighted by Crippen LogP contribution is 2.48. The summed E-state index contributed by atoms with van der Waals surface area (Å²) in [4.78, 5) is 0. The summed E-state index contributed by atoms with van der Waals surface area (Å²) < 4.78 is 0. The van der Waals surface area contributed by atoms with E-state index in [2.05, 4.69) is 24.4 Å². The lowest BCUT2D eigenvalue weighted by Crippen LogP contribution is -2.35. The highest BCUT2D eigenvalue weighted by molar-refractivity contribution is 5.43. The standard InChI is InChI=1S/C18H28N2/c1-14-3-2-4-17(10-5-14)20-13-18(11-12-18)15-6-8-16(19)9-7-15/h6-9,14,17,20H,2-5,10-13,19H2,1H3. The van der Waals surface area contributed by atoms with Crippen LogP contribution in [-0.4, -0.2) is 12.6 Å². The van der Waals surface area contributed by atoms with E-state index in [0.717, 1.165) is 24.2 Å². The number of benzene rings is 1. The van der Waals surface area contributed by atoms with Gasteiger partial charge < -0.3 is 11.1 Å². The van der Waals surface area contributed by atoms with Gasteiger partial charge in [0.2, 0.25) is 0 Å². The largest absolute Gasteiger partial charge is 0.399 e. The van der Waals surface area contributed by atoms with Gasteiger partial charge in [-0.2, -0.15) is 0 Å². The van der Waals surface area contributed by atoms with Crippen molar-refractivity contribution < 1.29 is 0 Å². The van der Waals surface area contributed by atoms with E-state index in [1.165, 1.54) is 50.5 Å². The van der Waals surface area contributed by atoms with Gasteiger partial charge in [0.05, 0.1) is 0 Å². The van der Waals surface area contributed by atoms with Crippen LogP contribution >= 0.6 is 0 Å². The molecule has 0 amide bonds. The molecule has 0 spiro atoms. The van der Waals surface area contributed by atoms with E-state index in [4.69, 9.17) is 5.73 Å². The van der Waals surface area contributed by atoms with Crippen molar-refractivity contribution in [3.63, 3.8) is 0 Å². The quantitative estimate of drug-likeness (QED) is 0.645. The lowest BCUT2D eigenvalue weighted by molar-refractivity contribution is 0.425. The molecule has 2 nitrogen and oxygen atoms in total. The maximum absolute atomic E-state index is 5.80. The van der Waals surface area contributed by atoms with E-state index in [-0.39, 0.29) is 0 Å². The minimum Gasteiger partial charge on any atom is -0.399 e. The number of hydrogen-bond donors (Lipinski definition) is 2. The number of nitrogen functional groups attached to an aromatic ring is 1. The Morgan fingerprint density at radius 3 is 2.55 bits per heavy atom. The van der Waals surface area contributed by atoms with Crippen molar-refractivity contribution in [1.82, 2.24) is 5.32 Å². The maximum Gasteiger partial charge on any atom is 0.0314 e. The highest BCUT2D eigenvalue weighted by atomic mass is 14.9. The van der Waals surface area contributed by atoms with Crippen molar-refractivity contribution in [2.75, 3.05) is 12.3 Å². The first-order valence-electron chi connectivity index (χ1n) is 8.27. The molecule has 0 aromatic heterocycles. The Balaban J connectivity index is 1.56. The molecule has 1 aromatic rings. The van der Waals surface area contributed by atoms with E-state index in [9.17, 15) is 0 Å². The molecule has 0 aliphatic heterocycles. The van der Waals surface area contributed by atoms with Crippen LogP contribution in [0.15, 0.2) is 24.3 Å². The molecule has 0 bridgehead atoms. The van der Waals surface area contributed by atoms with Gasteiger partial charge in [-0.3, -0.25) is 0 Å². The molecule has 110 valence electrons. The van der Waals surface area contributed by atoms with Crippen molar-refractivity contribution in [1.29, 1.82) is 0 Å². The van der Waals surface area contributed by atoms with Crippen molar-refractivity contribution in [2.24, 2.45) is 5.92 Å². The fourth-order valence-electron chi connectivity index (χ4n) is 3.59. The van der Waals surface area contributed by atoms with Crippen molar-refractivity contribution >= 4 is 5.69 Å². The first-order chi connectivity index (χ1) is 9.68. The average molecular weight is 272 g/mol. The van der Waals surface area contributed by atoms with Crippen LogP contribution in [-0.2, 0) is 5.41 Å². The molecule has 2 heteroatoms. The maximum atomic E-state index is 5.80. The molecule has 2 saturated carbocycles. The Labute approximate surface area is 123 Å². The zero-order valence-corrected chi connectivity index (χ0v) is 12.7. The van der Waals surface area contributed by atoms with Crippen LogP contribution in [0.2, 0.25) is 0 Å². The van der Waals surface area contributed by atoms with Gasteiger partial charge in [-0.05, 0) is 55.7 Å². The van der Waals surface area contributed by atoms with Crippen LogP contribution < -0.4 is 11.1 Å². The average Bonchev–Trinajstić information content (AvgIpc) is 3.24. The van der Waals surface area contributed by atoms with E-state index < -0.39 is 0 Å². The van der Waals surface area contributed by atoms with Gasteiger partial charge >= 0.3 is 0 Å². The lowest BCUT2D eigenvalue weighted by atomic mass is 9.95. The highest BCUT2D eigenvalue weighted by Gasteiger charge is 2.44. The summed E-state index contributed by atoms with van der Waals surface area (Å²) in [7, 11) is 0. The molecule has 3 rings (SSSR count). The van der Waals surface area contributed by atoms with Crippen molar-refractivity contribution in [3.05, 3.63) is 29.8 Å². The summed E-state index contributed by atoms with van der Waals surface area (Å²) in [6.45, 7) is 3.55. The zero-order valence-electron chi connectivity index (χ0n) is 12.7. The van der Waals surface area contributed by atoms with E-state index in [1.54, 1.807) is 0 Å². The molecule has 2 aliphatic rings. The molecule has 3 N–H and O–H groups in total. The third-order valence-corrected chi connectivity index (χ3v) is 5.36. The smallest absolute Gasteiger partial charge is 0.0314 e. The Hall–Kier alpha value is -1.02. The monoisotopic (exact) mass is 272 g/mol. The van der Waals surface area contributed by atoms with Crippen LogP contribution in [0.3, 0.4) is 0 Å². The van der Waals surface area contributed by atoms with Crippen molar-refractivity contribution in [3.8, 4) is 0 Å². The number of nitrogens with one attached hydrogen (secondary N) is 1. The van der Waals surface area contributed by atoms with Gasteiger partial charge in [0.15, 0.2) is 0 Å². The SMILES string of the molecule is CC1CCCC(NCC2(c3ccc(N)cc3)CC2)CC1. The molecule has 20 heavy (non-hydrogen) atoms. The molecule has 0 saturated heterocycles. The van der Waals surface area contributed by atoms with Gasteiger partial charge in [0.1, 0.15) is 0 Å². The Kier molecular flexibility index (Phi) is 4.02. The van der Waals surface area contributed by atoms with E-state index in [1.807, 2.05) is 12.1 Å². The van der Waals surface area contributed by atoms with Crippen molar-refractivity contribution in [2.45, 2.75) is 63.3 Å². The number of nitrogens with two attached hydrogens (primary N) is 1. The fourth-order valence-corrected chi connectivity index (χ4v) is 3.59. The zero-order chi connectivity index (χ0) is 14.0. The summed E-state index contributed by atoms with van der Waals surface area (Å²) in [5, 5.41) is 3.87. The molecule has 2 fully saturated rings. The molecule has 2 aliphatic carbocycles. The second-order valence-electron chi connectivity index (χ2n) is 7.09. The second-order valence-corrected chi connectivity index (χ2v) is 7.09. The predicted molar refractivity (Wildman–Crippen MR) is 85.8 cm³/mol. The predicted octanol–water partition coefficient (Wildman–Crippen LogP) is 3.86. The van der Waals surface area contributed by atoms with Gasteiger partial charge in [0, 0.05) is 23.7 Å². The summed E-state index contributed by atoms with van der Waals surface area (Å²) in [6.07, 6.45) is 9.59. The third-order valence-electron chi connectivity index (χ3n) is 5.36. The molecule has 2 atom stereocenters. The molecule has 0 radical (unpaired) electrons. The van der Waals surface area contributed by atoms with Crippen LogP contribution in [0.25, 0.3) is 0 Å². The minimum absolute atomic E-state index is 0.408. The molecular formula is C18H28N2. The molecule has 2 unspecified atom stereocenters. The van der Waals surface area contributed by atoms with Crippen LogP contribution in [0.4, 0.5) is 5.69 Å². The first-order valence-corrected chi connectivity index (χ1v) is 8.27. The second kappa shape index (κ2) is 5.77. The fraction of sp³-hybridized carbons (Fsp3) is 0.667. The Bertz CT molecular complexity index is 433. The molecular weight excluding hydrogens is 244 g/mol. The van der Waals surface area contributed by atoms with Gasteiger partial charge in [-0.15, -0.1) is 0 Å². The molecule has 0 heterocycles. The Morgan fingerprint density at radius 2 is 1.85 bits per heavy atom. The van der Waals surface area contributed by atoms with Gasteiger partial charge in [0.25, 0.3) is 0 Å². The van der Waals surface area contributed by atoms with E-state index >= 15 is 0 Å². The number of hydrogen-bond acceptors (Lipinski definition) is 2. The number of anilines is 1. The Morgan fingerprint density at radius 1 is 1.10 bits per heavy atom. The van der Waals surface area contributed by atoms with Gasteiger partial charge in [-0.25, -0.2) is 0 Å². The van der Waals surface area contributed by atoms with Crippen LogP contribution in [0.5, 0.6) is 0 Å². The van der Waals surface area contributed by atoms with E-state index in [0.29, 0.717) is 5.41 Å². The summed E-state index contributed by atoms with van der Waals surface area (Å²) in [5.74, 6) is 0.925. The third kappa shape index (κ3) is 3.17. The van der Waals surface area contributed by atoms with Crippen LogP contribution in [0.1, 0.15) is 57.4 Å². The minimum atomic E-state index is 0.408. The number of rotatable bonds is 4.